The predicted molar refractivity (Wildman–Crippen MR) is 85.1 cm³/mol. The van der Waals surface area contributed by atoms with Crippen LogP contribution in [0.4, 0.5) is 11.6 Å². The molecule has 3 heterocycles. The lowest BCUT2D eigenvalue weighted by molar-refractivity contribution is 0.0209. The summed E-state index contributed by atoms with van der Waals surface area (Å²) in [4.78, 5) is 9.11. The maximum absolute atomic E-state index is 6.28. The van der Waals surface area contributed by atoms with Crippen molar-refractivity contribution < 1.29 is 4.74 Å². The molecule has 2 aliphatic rings. The van der Waals surface area contributed by atoms with Gasteiger partial charge in [0.2, 0.25) is 0 Å². The summed E-state index contributed by atoms with van der Waals surface area (Å²) in [5.74, 6) is 6.62. The Labute approximate surface area is 134 Å². The number of anilines is 2. The monoisotopic (exact) mass is 331 g/mol. The number of nitrogens with two attached hydrogens (primary N) is 1. The molecule has 3 N–H and O–H groups in total. The summed E-state index contributed by atoms with van der Waals surface area (Å²) in [7, 11) is 0. The number of hydrazine groups is 1. The highest BCUT2D eigenvalue weighted by atomic mass is 35.5. The Balaban J connectivity index is 1.73. The number of halogens is 2. The third-order valence-electron chi connectivity index (χ3n) is 4.07. The molecule has 21 heavy (non-hydrogen) atoms. The SMILES string of the molecule is NNc1nc(N2CCC(N3CCOCC3)C2)c(Cl)cc1Cl. The van der Waals surface area contributed by atoms with Crippen molar-refractivity contribution in [2.75, 3.05) is 49.7 Å². The maximum Gasteiger partial charge on any atom is 0.161 e. The van der Waals surface area contributed by atoms with Gasteiger partial charge >= 0.3 is 0 Å². The normalized spacial score (nSPS) is 23.6. The molecular formula is C13H19Cl2N5O. The zero-order chi connectivity index (χ0) is 14.8. The van der Waals surface area contributed by atoms with Crippen molar-refractivity contribution >= 4 is 34.8 Å². The second-order valence-corrected chi connectivity index (χ2v) is 6.12. The van der Waals surface area contributed by atoms with E-state index in [4.69, 9.17) is 33.8 Å². The third kappa shape index (κ3) is 3.19. The lowest BCUT2D eigenvalue weighted by Gasteiger charge is -2.32. The minimum Gasteiger partial charge on any atom is -0.379 e. The molecule has 3 rings (SSSR count). The Hall–Kier alpha value is -0.790. The van der Waals surface area contributed by atoms with Crippen LogP contribution in [0.1, 0.15) is 6.42 Å². The van der Waals surface area contributed by atoms with Gasteiger partial charge in [-0.1, -0.05) is 23.2 Å². The van der Waals surface area contributed by atoms with Gasteiger partial charge in [0, 0.05) is 32.2 Å². The molecule has 1 aromatic rings. The van der Waals surface area contributed by atoms with Crippen molar-refractivity contribution in [1.82, 2.24) is 9.88 Å². The highest BCUT2D eigenvalue weighted by Gasteiger charge is 2.30. The number of aromatic nitrogens is 1. The number of pyridine rings is 1. The summed E-state index contributed by atoms with van der Waals surface area (Å²) >= 11 is 12.3. The smallest absolute Gasteiger partial charge is 0.161 e. The summed E-state index contributed by atoms with van der Waals surface area (Å²) < 4.78 is 5.41. The number of rotatable bonds is 3. The first-order valence-corrected chi connectivity index (χ1v) is 7.84. The molecule has 0 amide bonds. The largest absolute Gasteiger partial charge is 0.379 e. The van der Waals surface area contributed by atoms with Gasteiger partial charge in [0.15, 0.2) is 5.82 Å². The van der Waals surface area contributed by atoms with Crippen LogP contribution < -0.4 is 16.2 Å². The van der Waals surface area contributed by atoms with Crippen LogP contribution in [0.5, 0.6) is 0 Å². The lowest BCUT2D eigenvalue weighted by Crippen LogP contribution is -2.44. The standard InChI is InChI=1S/C13H19Cl2N5O/c14-10-7-11(15)13(17-12(10)18-16)20-2-1-9(8-20)19-3-5-21-6-4-19/h7,9H,1-6,8,16H2,(H,17,18). The van der Waals surface area contributed by atoms with Crippen LogP contribution in [0.15, 0.2) is 6.07 Å². The number of hydrogen-bond donors (Lipinski definition) is 2. The van der Waals surface area contributed by atoms with E-state index < -0.39 is 0 Å². The number of morpholine rings is 1. The Bertz CT molecular complexity index is 510. The van der Waals surface area contributed by atoms with Crippen LogP contribution in [-0.4, -0.2) is 55.3 Å². The fourth-order valence-corrected chi connectivity index (χ4v) is 3.49. The molecule has 0 aromatic carbocycles. The fourth-order valence-electron chi connectivity index (χ4n) is 2.95. The maximum atomic E-state index is 6.28. The van der Waals surface area contributed by atoms with Gasteiger partial charge in [-0.25, -0.2) is 10.8 Å². The molecule has 1 aromatic heterocycles. The Morgan fingerprint density at radius 3 is 2.71 bits per heavy atom. The predicted octanol–water partition coefficient (Wildman–Crippen LogP) is 1.58. The van der Waals surface area contributed by atoms with E-state index in [1.54, 1.807) is 6.07 Å². The average molecular weight is 332 g/mol. The van der Waals surface area contributed by atoms with Crippen LogP contribution in [0, 0.1) is 0 Å². The molecule has 2 saturated heterocycles. The van der Waals surface area contributed by atoms with Crippen molar-refractivity contribution in [1.29, 1.82) is 0 Å². The number of hydrogen-bond acceptors (Lipinski definition) is 6. The molecule has 1 atom stereocenters. The van der Waals surface area contributed by atoms with E-state index >= 15 is 0 Å². The summed E-state index contributed by atoms with van der Waals surface area (Å²) in [5.41, 5.74) is 2.51. The molecule has 0 saturated carbocycles. The van der Waals surface area contributed by atoms with Crippen molar-refractivity contribution in [2.45, 2.75) is 12.5 Å². The van der Waals surface area contributed by atoms with Crippen LogP contribution in [-0.2, 0) is 4.74 Å². The minimum absolute atomic E-state index is 0.426. The molecule has 0 radical (unpaired) electrons. The van der Waals surface area contributed by atoms with Gasteiger partial charge in [0.25, 0.3) is 0 Å². The van der Waals surface area contributed by atoms with Crippen LogP contribution in [0.25, 0.3) is 0 Å². The average Bonchev–Trinajstić information content (AvgIpc) is 2.98. The fraction of sp³-hybridized carbons (Fsp3) is 0.615. The number of ether oxygens (including phenoxy) is 1. The molecule has 2 aliphatic heterocycles. The number of nitrogen functional groups attached to an aromatic ring is 1. The molecule has 2 fully saturated rings. The van der Waals surface area contributed by atoms with Gasteiger partial charge in [-0.15, -0.1) is 0 Å². The van der Waals surface area contributed by atoms with E-state index in [1.807, 2.05) is 0 Å². The molecule has 116 valence electrons. The number of nitrogens with zero attached hydrogens (tertiary/aromatic N) is 3. The van der Waals surface area contributed by atoms with Gasteiger partial charge in [-0.05, 0) is 12.5 Å². The minimum atomic E-state index is 0.426. The Morgan fingerprint density at radius 1 is 1.24 bits per heavy atom. The van der Waals surface area contributed by atoms with Crippen LogP contribution in [0.2, 0.25) is 10.0 Å². The second-order valence-electron chi connectivity index (χ2n) is 5.31. The molecular weight excluding hydrogens is 313 g/mol. The molecule has 8 heteroatoms. The van der Waals surface area contributed by atoms with Gasteiger partial charge in [-0.2, -0.15) is 0 Å². The highest BCUT2D eigenvalue weighted by molar-refractivity contribution is 6.37. The molecule has 0 bridgehead atoms. The van der Waals surface area contributed by atoms with E-state index in [-0.39, 0.29) is 0 Å². The molecule has 6 nitrogen and oxygen atoms in total. The van der Waals surface area contributed by atoms with E-state index in [0.29, 0.717) is 21.9 Å². The van der Waals surface area contributed by atoms with Gasteiger partial charge in [0.1, 0.15) is 5.82 Å². The summed E-state index contributed by atoms with van der Waals surface area (Å²) in [5, 5.41) is 0.983. The molecule has 0 spiro atoms. The summed E-state index contributed by atoms with van der Waals surface area (Å²) in [6, 6.07) is 2.21. The first-order chi connectivity index (χ1) is 10.2. The van der Waals surface area contributed by atoms with E-state index in [2.05, 4.69) is 20.2 Å². The van der Waals surface area contributed by atoms with Gasteiger partial charge in [-0.3, -0.25) is 4.90 Å². The van der Waals surface area contributed by atoms with E-state index in [1.165, 1.54) is 0 Å². The van der Waals surface area contributed by atoms with Gasteiger partial charge in [0.05, 0.1) is 23.3 Å². The van der Waals surface area contributed by atoms with Crippen molar-refractivity contribution in [2.24, 2.45) is 5.84 Å². The number of nitrogens with one attached hydrogen (secondary N) is 1. The van der Waals surface area contributed by atoms with Gasteiger partial charge < -0.3 is 15.1 Å². The quantitative estimate of drug-likeness (QED) is 0.647. The Morgan fingerprint density at radius 2 is 2.00 bits per heavy atom. The Kier molecular flexibility index (Phi) is 4.71. The summed E-state index contributed by atoms with van der Waals surface area (Å²) in [6.07, 6.45) is 1.10. The first-order valence-electron chi connectivity index (χ1n) is 7.08. The topological polar surface area (TPSA) is 66.7 Å². The molecule has 0 aliphatic carbocycles. The van der Waals surface area contributed by atoms with E-state index in [0.717, 1.165) is 51.6 Å². The first kappa shape index (κ1) is 15.1. The van der Waals surface area contributed by atoms with Crippen molar-refractivity contribution in [3.8, 4) is 0 Å². The van der Waals surface area contributed by atoms with Crippen LogP contribution >= 0.6 is 23.2 Å². The van der Waals surface area contributed by atoms with Crippen molar-refractivity contribution in [3.63, 3.8) is 0 Å². The second kappa shape index (κ2) is 6.54. The van der Waals surface area contributed by atoms with E-state index in [9.17, 15) is 0 Å². The zero-order valence-electron chi connectivity index (χ0n) is 11.7. The zero-order valence-corrected chi connectivity index (χ0v) is 13.2. The van der Waals surface area contributed by atoms with Crippen LogP contribution in [0.3, 0.4) is 0 Å². The summed E-state index contributed by atoms with van der Waals surface area (Å²) in [6.45, 7) is 5.47. The third-order valence-corrected chi connectivity index (χ3v) is 4.64. The molecule has 1 unspecified atom stereocenters. The van der Waals surface area contributed by atoms with Crippen molar-refractivity contribution in [3.05, 3.63) is 16.1 Å². The lowest BCUT2D eigenvalue weighted by atomic mass is 10.2. The highest BCUT2D eigenvalue weighted by Crippen LogP contribution is 2.33.